The standard InChI is InChI=1S/C14H22N2O3/c1-3-19-11-6-10(7-11)16-8-12(17)15-14(2,13(16)18)9-4-5-9/h9-11H,3-8H2,1-2H3,(H,15,17). The van der Waals surface area contributed by atoms with Gasteiger partial charge in [0.1, 0.15) is 5.54 Å². The maximum absolute atomic E-state index is 12.6. The lowest BCUT2D eigenvalue weighted by Gasteiger charge is -2.48. The van der Waals surface area contributed by atoms with Crippen molar-refractivity contribution in [3.8, 4) is 0 Å². The molecule has 19 heavy (non-hydrogen) atoms. The fourth-order valence-electron chi connectivity index (χ4n) is 3.30. The maximum Gasteiger partial charge on any atom is 0.249 e. The van der Waals surface area contributed by atoms with E-state index in [-0.39, 0.29) is 30.5 Å². The molecular weight excluding hydrogens is 244 g/mol. The molecule has 5 nitrogen and oxygen atoms in total. The van der Waals surface area contributed by atoms with E-state index in [0.717, 1.165) is 25.7 Å². The molecule has 2 amide bonds. The van der Waals surface area contributed by atoms with Crippen molar-refractivity contribution in [3.63, 3.8) is 0 Å². The first-order valence-electron chi connectivity index (χ1n) is 7.28. The Morgan fingerprint density at radius 2 is 2.05 bits per heavy atom. The summed E-state index contributed by atoms with van der Waals surface area (Å²) in [6.07, 6.45) is 4.09. The number of rotatable bonds is 4. The first-order chi connectivity index (χ1) is 9.04. The Hall–Kier alpha value is -1.10. The summed E-state index contributed by atoms with van der Waals surface area (Å²) in [4.78, 5) is 26.3. The van der Waals surface area contributed by atoms with Crippen molar-refractivity contribution in [2.75, 3.05) is 13.2 Å². The zero-order valence-corrected chi connectivity index (χ0v) is 11.6. The predicted octanol–water partition coefficient (Wildman–Crippen LogP) is 0.681. The van der Waals surface area contributed by atoms with Crippen LogP contribution in [0.5, 0.6) is 0 Å². The molecule has 3 fully saturated rings. The number of carbonyl (C=O) groups excluding carboxylic acids is 2. The van der Waals surface area contributed by atoms with Crippen LogP contribution in [0.1, 0.15) is 39.5 Å². The lowest BCUT2D eigenvalue weighted by Crippen LogP contribution is -2.69. The molecule has 0 radical (unpaired) electrons. The molecule has 0 aromatic rings. The molecule has 5 heteroatoms. The number of hydrogen-bond donors (Lipinski definition) is 1. The van der Waals surface area contributed by atoms with Gasteiger partial charge in [0, 0.05) is 12.6 Å². The number of hydrogen-bond acceptors (Lipinski definition) is 3. The van der Waals surface area contributed by atoms with Crippen LogP contribution in [0.3, 0.4) is 0 Å². The molecular formula is C14H22N2O3. The molecule has 1 heterocycles. The Bertz CT molecular complexity index is 401. The fraction of sp³-hybridized carbons (Fsp3) is 0.857. The van der Waals surface area contributed by atoms with Crippen molar-refractivity contribution in [3.05, 3.63) is 0 Å². The second-order valence-corrected chi connectivity index (χ2v) is 6.16. The smallest absolute Gasteiger partial charge is 0.249 e. The molecule has 2 saturated carbocycles. The fourth-order valence-corrected chi connectivity index (χ4v) is 3.30. The first-order valence-corrected chi connectivity index (χ1v) is 7.28. The average Bonchev–Trinajstić information content (AvgIpc) is 3.12. The van der Waals surface area contributed by atoms with Crippen molar-refractivity contribution in [1.82, 2.24) is 10.2 Å². The molecule has 1 saturated heterocycles. The third-order valence-electron chi connectivity index (χ3n) is 4.73. The van der Waals surface area contributed by atoms with Gasteiger partial charge >= 0.3 is 0 Å². The van der Waals surface area contributed by atoms with Gasteiger partial charge in [-0.25, -0.2) is 0 Å². The van der Waals surface area contributed by atoms with Crippen LogP contribution < -0.4 is 5.32 Å². The molecule has 0 bridgehead atoms. The van der Waals surface area contributed by atoms with E-state index in [1.54, 1.807) is 4.90 Å². The molecule has 1 N–H and O–H groups in total. The zero-order valence-electron chi connectivity index (χ0n) is 11.6. The SMILES string of the molecule is CCOC1CC(N2CC(=O)NC(C)(C3CC3)C2=O)C1. The highest BCUT2D eigenvalue weighted by Gasteiger charge is 2.54. The van der Waals surface area contributed by atoms with E-state index in [9.17, 15) is 9.59 Å². The van der Waals surface area contributed by atoms with Gasteiger partial charge in [0.15, 0.2) is 0 Å². The summed E-state index contributed by atoms with van der Waals surface area (Å²) in [6.45, 7) is 4.79. The molecule has 3 aliphatic rings. The molecule has 2 aliphatic carbocycles. The number of nitrogens with one attached hydrogen (secondary N) is 1. The van der Waals surface area contributed by atoms with Crippen molar-refractivity contribution in [1.29, 1.82) is 0 Å². The van der Waals surface area contributed by atoms with Crippen LogP contribution in [0.25, 0.3) is 0 Å². The minimum absolute atomic E-state index is 0.0196. The van der Waals surface area contributed by atoms with Crippen LogP contribution in [0.15, 0.2) is 0 Å². The monoisotopic (exact) mass is 266 g/mol. The van der Waals surface area contributed by atoms with Crippen LogP contribution in [0, 0.1) is 5.92 Å². The van der Waals surface area contributed by atoms with E-state index in [2.05, 4.69) is 5.32 Å². The van der Waals surface area contributed by atoms with Crippen molar-refractivity contribution in [2.24, 2.45) is 5.92 Å². The summed E-state index contributed by atoms with van der Waals surface area (Å²) in [7, 11) is 0. The van der Waals surface area contributed by atoms with Gasteiger partial charge in [0.25, 0.3) is 0 Å². The van der Waals surface area contributed by atoms with Crippen LogP contribution in [0.2, 0.25) is 0 Å². The van der Waals surface area contributed by atoms with Crippen LogP contribution in [-0.2, 0) is 14.3 Å². The van der Waals surface area contributed by atoms with Crippen molar-refractivity contribution < 1.29 is 14.3 Å². The van der Waals surface area contributed by atoms with Crippen LogP contribution in [0.4, 0.5) is 0 Å². The van der Waals surface area contributed by atoms with Gasteiger partial charge in [0.05, 0.1) is 12.6 Å². The first kappa shape index (κ1) is 12.9. The lowest BCUT2D eigenvalue weighted by molar-refractivity contribution is -0.158. The summed E-state index contributed by atoms with van der Waals surface area (Å²) >= 11 is 0. The predicted molar refractivity (Wildman–Crippen MR) is 69.4 cm³/mol. The van der Waals surface area contributed by atoms with Gasteiger partial charge in [-0.1, -0.05) is 0 Å². The van der Waals surface area contributed by atoms with Crippen LogP contribution >= 0.6 is 0 Å². The van der Waals surface area contributed by atoms with E-state index < -0.39 is 5.54 Å². The molecule has 1 unspecified atom stereocenters. The Labute approximate surface area is 113 Å². The summed E-state index contributed by atoms with van der Waals surface area (Å²) in [5.74, 6) is 0.415. The highest BCUT2D eigenvalue weighted by molar-refractivity contribution is 5.98. The second-order valence-electron chi connectivity index (χ2n) is 6.16. The molecule has 0 spiro atoms. The largest absolute Gasteiger partial charge is 0.378 e. The molecule has 0 aromatic carbocycles. The Balaban J connectivity index is 1.68. The summed E-state index contributed by atoms with van der Waals surface area (Å²) in [5, 5.41) is 2.91. The minimum Gasteiger partial charge on any atom is -0.378 e. The van der Waals surface area contributed by atoms with Gasteiger partial charge in [-0.3, -0.25) is 9.59 Å². The van der Waals surface area contributed by atoms with E-state index >= 15 is 0 Å². The lowest BCUT2D eigenvalue weighted by atomic mass is 9.84. The number of piperazine rings is 1. The second kappa shape index (κ2) is 4.47. The highest BCUT2D eigenvalue weighted by Crippen LogP contribution is 2.43. The third kappa shape index (κ3) is 2.14. The average molecular weight is 266 g/mol. The van der Waals surface area contributed by atoms with Gasteiger partial charge < -0.3 is 15.0 Å². The molecule has 0 aromatic heterocycles. The van der Waals surface area contributed by atoms with Gasteiger partial charge in [0.2, 0.25) is 11.8 Å². The van der Waals surface area contributed by atoms with E-state index in [1.807, 2.05) is 13.8 Å². The van der Waals surface area contributed by atoms with Gasteiger partial charge in [-0.2, -0.15) is 0 Å². The normalized spacial score (nSPS) is 38.9. The number of ether oxygens (including phenoxy) is 1. The van der Waals surface area contributed by atoms with Gasteiger partial charge in [-0.05, 0) is 45.4 Å². The van der Waals surface area contributed by atoms with Crippen molar-refractivity contribution in [2.45, 2.75) is 57.2 Å². The van der Waals surface area contributed by atoms with E-state index in [1.165, 1.54) is 0 Å². The highest BCUT2D eigenvalue weighted by atomic mass is 16.5. The summed E-state index contributed by atoms with van der Waals surface area (Å²) in [6, 6.07) is 0.188. The molecule has 106 valence electrons. The number of nitrogens with zero attached hydrogens (tertiary/aromatic N) is 1. The Morgan fingerprint density at radius 1 is 1.37 bits per heavy atom. The Kier molecular flexibility index (Phi) is 3.04. The zero-order chi connectivity index (χ0) is 13.6. The number of carbonyl (C=O) groups is 2. The maximum atomic E-state index is 12.6. The van der Waals surface area contributed by atoms with E-state index in [4.69, 9.17) is 4.74 Å². The molecule has 1 aliphatic heterocycles. The topological polar surface area (TPSA) is 58.6 Å². The van der Waals surface area contributed by atoms with Crippen LogP contribution in [-0.4, -0.2) is 47.6 Å². The molecule has 3 rings (SSSR count). The quantitative estimate of drug-likeness (QED) is 0.814. The van der Waals surface area contributed by atoms with Crippen molar-refractivity contribution >= 4 is 11.8 Å². The Morgan fingerprint density at radius 3 is 2.63 bits per heavy atom. The molecule has 1 atom stereocenters. The van der Waals surface area contributed by atoms with E-state index in [0.29, 0.717) is 12.5 Å². The summed E-state index contributed by atoms with van der Waals surface area (Å²) in [5.41, 5.74) is -0.661. The summed E-state index contributed by atoms with van der Waals surface area (Å²) < 4.78 is 5.53. The third-order valence-corrected chi connectivity index (χ3v) is 4.73. The number of amides is 2. The minimum atomic E-state index is -0.661. The van der Waals surface area contributed by atoms with Gasteiger partial charge in [-0.15, -0.1) is 0 Å².